The highest BCUT2D eigenvalue weighted by Gasteiger charge is 2.36. The standard InChI is InChI=1S/C28H38N2O3S.C2H6O3S.2H2S/c1-19-15-21-9-6-7-10-22(21)16-30(19)17-27(32)25(18-34-23-11-4-3-5-12-23)29-28(33)24-13-8-14-26(31)20(24)2;1-5-6(2,3)4;;/h3-5,8,11-14,19,21-22,25,27,31-32H,6-7,9-10,15-18H2,1-2H3,(H,29,33);1-2H3;2*1H2/t19-,21+,22-,25+,27-;;;/m1.../s1. The fraction of sp³-hybridized carbons (Fsp3) is 0.567. The molecule has 42 heavy (non-hydrogen) atoms. The van der Waals surface area contributed by atoms with E-state index in [1.165, 1.54) is 32.1 Å². The molecule has 12 heteroatoms. The minimum atomic E-state index is -3.16. The Balaban J connectivity index is 0.00000100. The van der Waals surface area contributed by atoms with Crippen LogP contribution in [0.2, 0.25) is 0 Å². The van der Waals surface area contributed by atoms with E-state index in [2.05, 4.69) is 21.3 Å². The number of aliphatic hydroxyl groups excluding tert-OH is 1. The van der Waals surface area contributed by atoms with E-state index in [0.29, 0.717) is 29.5 Å². The number of hydrogen-bond donors (Lipinski definition) is 3. The molecule has 1 saturated carbocycles. The predicted molar refractivity (Wildman–Crippen MR) is 181 cm³/mol. The molecule has 8 nitrogen and oxygen atoms in total. The molecule has 0 bridgehead atoms. The minimum absolute atomic E-state index is 0. The number of phenols is 1. The summed E-state index contributed by atoms with van der Waals surface area (Å²) in [7, 11) is -2.04. The van der Waals surface area contributed by atoms with Crippen LogP contribution in [0, 0.1) is 18.8 Å². The lowest BCUT2D eigenvalue weighted by atomic mass is 9.73. The number of hydrogen-bond acceptors (Lipinski definition) is 8. The second kappa shape index (κ2) is 18.4. The molecule has 2 aliphatic rings. The molecule has 1 saturated heterocycles. The van der Waals surface area contributed by atoms with Crippen LogP contribution in [0.4, 0.5) is 0 Å². The Bertz CT molecular complexity index is 1200. The molecule has 1 amide bonds. The first-order chi connectivity index (χ1) is 19.0. The lowest BCUT2D eigenvalue weighted by molar-refractivity contribution is 0.00588. The molecule has 0 unspecified atom stereocenters. The van der Waals surface area contributed by atoms with Gasteiger partial charge in [0, 0.05) is 40.9 Å². The number of aromatic hydroxyl groups is 1. The first-order valence-electron chi connectivity index (χ1n) is 13.9. The zero-order valence-corrected chi connectivity index (χ0v) is 28.6. The first kappa shape index (κ1) is 38.6. The van der Waals surface area contributed by atoms with Crippen molar-refractivity contribution >= 4 is 54.8 Å². The van der Waals surface area contributed by atoms with Gasteiger partial charge in [-0.1, -0.05) is 43.5 Å². The molecule has 2 fully saturated rings. The number of carbonyl (C=O) groups is 1. The normalized spacial score (nSPS) is 21.7. The summed E-state index contributed by atoms with van der Waals surface area (Å²) in [6.07, 6.45) is 6.84. The number of phenolic OH excluding ortho intramolecular Hbond substituents is 1. The Kier molecular flexibility index (Phi) is 16.9. The molecular formula is C30H48N2O6S4. The molecular weight excluding hydrogens is 613 g/mol. The zero-order valence-electron chi connectivity index (χ0n) is 25.0. The Morgan fingerprint density at radius 2 is 1.71 bits per heavy atom. The largest absolute Gasteiger partial charge is 0.508 e. The van der Waals surface area contributed by atoms with Gasteiger partial charge in [0.25, 0.3) is 16.0 Å². The fourth-order valence-electron chi connectivity index (χ4n) is 5.59. The third-order valence-corrected chi connectivity index (χ3v) is 9.77. The van der Waals surface area contributed by atoms with Gasteiger partial charge in [-0.15, -0.1) is 11.8 Å². The summed E-state index contributed by atoms with van der Waals surface area (Å²) in [5.74, 6) is 1.98. The van der Waals surface area contributed by atoms with Gasteiger partial charge in [-0.05, 0) is 62.8 Å². The number of nitrogens with zero attached hydrogens (tertiary/aromatic N) is 1. The maximum absolute atomic E-state index is 13.1. The monoisotopic (exact) mass is 660 g/mol. The molecule has 238 valence electrons. The molecule has 0 aromatic heterocycles. The Hall–Kier alpha value is -1.41. The van der Waals surface area contributed by atoms with E-state index in [0.717, 1.165) is 36.6 Å². The Labute approximate surface area is 270 Å². The van der Waals surface area contributed by atoms with Crippen molar-refractivity contribution < 1.29 is 27.6 Å². The quantitative estimate of drug-likeness (QED) is 0.263. The van der Waals surface area contributed by atoms with Gasteiger partial charge in [0.1, 0.15) is 5.75 Å². The van der Waals surface area contributed by atoms with Crippen molar-refractivity contribution in [3.05, 3.63) is 59.7 Å². The average molecular weight is 661 g/mol. The molecule has 1 aliphatic heterocycles. The number of rotatable bonds is 9. The number of carbonyl (C=O) groups excluding carboxylic acids is 1. The van der Waals surface area contributed by atoms with Crippen molar-refractivity contribution in [2.45, 2.75) is 69.0 Å². The van der Waals surface area contributed by atoms with Crippen LogP contribution in [-0.4, -0.2) is 79.8 Å². The molecule has 3 N–H and O–H groups in total. The lowest BCUT2D eigenvalue weighted by Crippen LogP contribution is -2.54. The smallest absolute Gasteiger partial charge is 0.264 e. The molecule has 1 heterocycles. The predicted octanol–water partition coefficient (Wildman–Crippen LogP) is 4.67. The van der Waals surface area contributed by atoms with Crippen LogP contribution in [0.1, 0.15) is 54.9 Å². The van der Waals surface area contributed by atoms with Crippen LogP contribution in [-0.2, 0) is 14.3 Å². The van der Waals surface area contributed by atoms with E-state index in [9.17, 15) is 23.4 Å². The van der Waals surface area contributed by atoms with Gasteiger partial charge < -0.3 is 15.5 Å². The summed E-state index contributed by atoms with van der Waals surface area (Å²) in [5.41, 5.74) is 0.996. The Morgan fingerprint density at radius 1 is 1.10 bits per heavy atom. The summed E-state index contributed by atoms with van der Waals surface area (Å²) in [6.45, 7) is 5.62. The summed E-state index contributed by atoms with van der Waals surface area (Å²) in [6, 6.07) is 15.1. The van der Waals surface area contributed by atoms with E-state index in [1.807, 2.05) is 30.3 Å². The van der Waals surface area contributed by atoms with Gasteiger partial charge >= 0.3 is 0 Å². The summed E-state index contributed by atoms with van der Waals surface area (Å²) in [4.78, 5) is 16.7. The molecule has 0 spiro atoms. The van der Waals surface area contributed by atoms with E-state index in [4.69, 9.17) is 0 Å². The number of fused-ring (bicyclic) bond motifs is 1. The number of nitrogens with one attached hydrogen (secondary N) is 1. The van der Waals surface area contributed by atoms with Crippen LogP contribution < -0.4 is 5.32 Å². The number of likely N-dealkylation sites (tertiary alicyclic amines) is 1. The number of benzene rings is 2. The van der Waals surface area contributed by atoms with E-state index < -0.39 is 22.3 Å². The second-order valence-electron chi connectivity index (χ2n) is 10.9. The third kappa shape index (κ3) is 11.9. The zero-order chi connectivity index (χ0) is 29.3. The SMILES string of the molecule is COS(C)(=O)=O.Cc1c(O)cccc1C(=O)N[C@@H](CSc1ccccc1)[C@H](O)CN1C[C@H]2CCCC[C@H]2C[C@H]1C.S.S. The maximum Gasteiger partial charge on any atom is 0.264 e. The number of piperidine rings is 1. The van der Waals surface area contributed by atoms with Crippen LogP contribution in [0.25, 0.3) is 0 Å². The van der Waals surface area contributed by atoms with Gasteiger partial charge in [0.15, 0.2) is 0 Å². The molecule has 5 atom stereocenters. The fourth-order valence-corrected chi connectivity index (χ4v) is 6.62. The van der Waals surface area contributed by atoms with Gasteiger partial charge in [0.2, 0.25) is 0 Å². The second-order valence-corrected chi connectivity index (χ2v) is 13.8. The number of thioether (sulfide) groups is 1. The van der Waals surface area contributed by atoms with Crippen molar-refractivity contribution in [2.24, 2.45) is 11.8 Å². The lowest BCUT2D eigenvalue weighted by Gasteiger charge is -2.46. The molecule has 4 rings (SSSR count). The van der Waals surface area contributed by atoms with Crippen molar-refractivity contribution in [1.82, 2.24) is 10.2 Å². The van der Waals surface area contributed by atoms with Crippen LogP contribution in [0.3, 0.4) is 0 Å². The average Bonchev–Trinajstić information content (AvgIpc) is 2.93. The molecule has 0 radical (unpaired) electrons. The van der Waals surface area contributed by atoms with Crippen molar-refractivity contribution in [3.8, 4) is 5.75 Å². The molecule has 2 aromatic carbocycles. The van der Waals surface area contributed by atoms with Gasteiger partial charge in [-0.25, -0.2) is 0 Å². The highest BCUT2D eigenvalue weighted by Crippen LogP contribution is 2.38. The molecule has 2 aromatic rings. The molecule has 1 aliphatic carbocycles. The van der Waals surface area contributed by atoms with E-state index in [1.54, 1.807) is 36.9 Å². The first-order valence-corrected chi connectivity index (χ1v) is 16.7. The number of β-amino-alcohol motifs (C(OH)–C–C–N with tert-alkyl or cyclic N) is 1. The van der Waals surface area contributed by atoms with Gasteiger partial charge in [-0.3, -0.25) is 13.9 Å². The number of aliphatic hydroxyl groups is 1. The van der Waals surface area contributed by atoms with Gasteiger partial charge in [-0.2, -0.15) is 35.4 Å². The van der Waals surface area contributed by atoms with Crippen molar-refractivity contribution in [1.29, 1.82) is 0 Å². The van der Waals surface area contributed by atoms with Crippen LogP contribution >= 0.6 is 38.8 Å². The third-order valence-electron chi connectivity index (χ3n) is 8.03. The maximum atomic E-state index is 13.1. The summed E-state index contributed by atoms with van der Waals surface area (Å²) < 4.78 is 23.5. The van der Waals surface area contributed by atoms with Crippen molar-refractivity contribution in [2.75, 3.05) is 32.2 Å². The van der Waals surface area contributed by atoms with E-state index >= 15 is 0 Å². The summed E-state index contributed by atoms with van der Waals surface area (Å²) in [5, 5.41) is 24.5. The Morgan fingerprint density at radius 3 is 2.33 bits per heavy atom. The minimum Gasteiger partial charge on any atom is -0.508 e. The van der Waals surface area contributed by atoms with Gasteiger partial charge in [0.05, 0.1) is 25.5 Å². The number of amides is 1. The van der Waals surface area contributed by atoms with E-state index in [-0.39, 0.29) is 38.6 Å². The van der Waals surface area contributed by atoms with Crippen molar-refractivity contribution in [3.63, 3.8) is 0 Å². The highest BCUT2D eigenvalue weighted by molar-refractivity contribution is 7.99. The summed E-state index contributed by atoms with van der Waals surface area (Å²) >= 11 is 1.64. The highest BCUT2D eigenvalue weighted by atomic mass is 32.2. The van der Waals surface area contributed by atoms with Crippen LogP contribution in [0.15, 0.2) is 53.4 Å². The topological polar surface area (TPSA) is 116 Å². The van der Waals surface area contributed by atoms with Crippen LogP contribution in [0.5, 0.6) is 5.75 Å².